The smallest absolute Gasteiger partial charge is 0.236 e. The van der Waals surface area contributed by atoms with Gasteiger partial charge >= 0.3 is 0 Å². The second-order valence-corrected chi connectivity index (χ2v) is 8.46. The lowest BCUT2D eigenvalue weighted by atomic mass is 10.3. The van der Waals surface area contributed by atoms with Crippen LogP contribution in [0.25, 0.3) is 10.2 Å². The average molecular weight is 474 g/mol. The van der Waals surface area contributed by atoms with Crippen LogP contribution in [0.4, 0.5) is 13.9 Å². The number of hydrogen-bond donors (Lipinski definition) is 1. The molecule has 2 heterocycles. The molecule has 0 atom stereocenters. The van der Waals surface area contributed by atoms with Crippen LogP contribution in [0, 0.1) is 11.6 Å². The summed E-state index contributed by atoms with van der Waals surface area (Å²) in [7, 11) is 0. The highest BCUT2D eigenvalue weighted by Gasteiger charge is 2.16. The van der Waals surface area contributed by atoms with Gasteiger partial charge in [0.05, 0.1) is 16.0 Å². The van der Waals surface area contributed by atoms with E-state index in [0.29, 0.717) is 32.9 Å². The fraction of sp³-hybridized carbons (Fsp3) is 0.143. The van der Waals surface area contributed by atoms with Crippen LogP contribution in [0.2, 0.25) is 0 Å². The molecule has 0 aliphatic rings. The standard InChI is InChI=1S/C21H17F2N5O2S2/c1-2-9-28-18(11-30-16-6-4-3-5-14(16)23)26-27-21(28)31-12-19(29)25-20-24-15-8-7-13(22)10-17(15)32-20/h2-8,10H,1,9,11-12H2,(H,24,25,29). The third-order valence-electron chi connectivity index (χ3n) is 4.23. The van der Waals surface area contributed by atoms with Gasteiger partial charge in [0.25, 0.3) is 0 Å². The van der Waals surface area contributed by atoms with Crippen LogP contribution in [-0.2, 0) is 17.9 Å². The van der Waals surface area contributed by atoms with Crippen LogP contribution < -0.4 is 10.1 Å². The van der Waals surface area contributed by atoms with Gasteiger partial charge < -0.3 is 10.1 Å². The number of thioether (sulfide) groups is 1. The van der Waals surface area contributed by atoms with E-state index in [0.717, 1.165) is 0 Å². The molecule has 1 amide bonds. The van der Waals surface area contributed by atoms with Crippen LogP contribution >= 0.6 is 23.1 Å². The molecule has 4 rings (SSSR count). The molecule has 164 valence electrons. The van der Waals surface area contributed by atoms with E-state index in [-0.39, 0.29) is 29.8 Å². The number of halogens is 2. The molecule has 0 radical (unpaired) electrons. The van der Waals surface area contributed by atoms with Crippen molar-refractivity contribution >= 4 is 44.4 Å². The van der Waals surface area contributed by atoms with Crippen molar-refractivity contribution in [1.82, 2.24) is 19.7 Å². The second kappa shape index (κ2) is 9.88. The summed E-state index contributed by atoms with van der Waals surface area (Å²) in [5, 5.41) is 11.8. The highest BCUT2D eigenvalue weighted by Crippen LogP contribution is 2.27. The maximum absolute atomic E-state index is 13.8. The van der Waals surface area contributed by atoms with Crippen molar-refractivity contribution in [2.45, 2.75) is 18.3 Å². The maximum atomic E-state index is 13.8. The summed E-state index contributed by atoms with van der Waals surface area (Å²) < 4.78 is 35.0. The number of nitrogens with one attached hydrogen (secondary N) is 1. The zero-order chi connectivity index (χ0) is 22.5. The van der Waals surface area contributed by atoms with E-state index in [1.54, 1.807) is 28.8 Å². The average Bonchev–Trinajstić information content (AvgIpc) is 3.34. The zero-order valence-electron chi connectivity index (χ0n) is 16.6. The normalized spacial score (nSPS) is 10.9. The number of hydrogen-bond acceptors (Lipinski definition) is 7. The van der Waals surface area contributed by atoms with E-state index >= 15 is 0 Å². The Balaban J connectivity index is 1.39. The van der Waals surface area contributed by atoms with Crippen molar-refractivity contribution in [3.8, 4) is 5.75 Å². The van der Waals surface area contributed by atoms with Crippen LogP contribution in [0.3, 0.4) is 0 Å². The number of benzene rings is 2. The Morgan fingerprint density at radius 3 is 2.91 bits per heavy atom. The van der Waals surface area contributed by atoms with E-state index in [9.17, 15) is 13.6 Å². The number of rotatable bonds is 9. The molecule has 7 nitrogen and oxygen atoms in total. The molecule has 0 spiro atoms. The van der Waals surface area contributed by atoms with Gasteiger partial charge in [0, 0.05) is 6.54 Å². The molecule has 4 aromatic rings. The zero-order valence-corrected chi connectivity index (χ0v) is 18.3. The van der Waals surface area contributed by atoms with Crippen LogP contribution in [-0.4, -0.2) is 31.4 Å². The number of para-hydroxylation sites is 1. The molecular weight excluding hydrogens is 456 g/mol. The second-order valence-electron chi connectivity index (χ2n) is 6.49. The van der Waals surface area contributed by atoms with Crippen molar-refractivity contribution in [3.05, 3.63) is 72.6 Å². The molecular formula is C21H17F2N5O2S2. The highest BCUT2D eigenvalue weighted by atomic mass is 32.2. The largest absolute Gasteiger partial charge is 0.483 e. The molecule has 0 saturated carbocycles. The minimum absolute atomic E-state index is 0.0107. The quantitative estimate of drug-likeness (QED) is 0.281. The molecule has 1 N–H and O–H groups in total. The van der Waals surface area contributed by atoms with Gasteiger partial charge in [-0.2, -0.15) is 0 Å². The van der Waals surface area contributed by atoms with Crippen LogP contribution in [0.1, 0.15) is 5.82 Å². The lowest BCUT2D eigenvalue weighted by Gasteiger charge is -2.09. The Hall–Kier alpha value is -3.31. The number of thiazole rings is 1. The first-order valence-corrected chi connectivity index (χ1v) is 11.2. The molecule has 0 saturated heterocycles. The lowest BCUT2D eigenvalue weighted by molar-refractivity contribution is -0.113. The van der Waals surface area contributed by atoms with Gasteiger partial charge in [-0.15, -0.1) is 16.8 Å². The van der Waals surface area contributed by atoms with Crippen molar-refractivity contribution in [2.75, 3.05) is 11.1 Å². The van der Waals surface area contributed by atoms with Crippen molar-refractivity contribution in [3.63, 3.8) is 0 Å². The predicted molar refractivity (Wildman–Crippen MR) is 120 cm³/mol. The first-order chi connectivity index (χ1) is 15.5. The van der Waals surface area contributed by atoms with Crippen molar-refractivity contribution in [1.29, 1.82) is 0 Å². The van der Waals surface area contributed by atoms with Gasteiger partial charge in [0.15, 0.2) is 27.7 Å². The lowest BCUT2D eigenvalue weighted by Crippen LogP contribution is -2.14. The van der Waals surface area contributed by atoms with E-state index < -0.39 is 5.82 Å². The van der Waals surface area contributed by atoms with Gasteiger partial charge in [-0.3, -0.25) is 9.36 Å². The fourth-order valence-electron chi connectivity index (χ4n) is 2.79. The summed E-state index contributed by atoms with van der Waals surface area (Å²) in [4.78, 5) is 16.6. The molecule has 32 heavy (non-hydrogen) atoms. The number of aromatic nitrogens is 4. The highest BCUT2D eigenvalue weighted by molar-refractivity contribution is 7.99. The Morgan fingerprint density at radius 2 is 2.09 bits per heavy atom. The van der Waals surface area contributed by atoms with Gasteiger partial charge in [0.1, 0.15) is 12.4 Å². The molecule has 0 fully saturated rings. The van der Waals surface area contributed by atoms with Gasteiger partial charge in [-0.25, -0.2) is 13.8 Å². The predicted octanol–water partition coefficient (Wildman–Crippen LogP) is 4.66. The van der Waals surface area contributed by atoms with Crippen LogP contribution in [0.15, 0.2) is 60.3 Å². The number of fused-ring (bicyclic) bond motifs is 1. The van der Waals surface area contributed by atoms with Gasteiger partial charge in [-0.1, -0.05) is 41.3 Å². The topological polar surface area (TPSA) is 81.9 Å². The number of nitrogens with zero attached hydrogens (tertiary/aromatic N) is 4. The Morgan fingerprint density at radius 1 is 1.25 bits per heavy atom. The van der Waals surface area contributed by atoms with Gasteiger partial charge in [-0.05, 0) is 30.3 Å². The number of anilines is 1. The van der Waals surface area contributed by atoms with Crippen LogP contribution in [0.5, 0.6) is 5.75 Å². The molecule has 2 aromatic carbocycles. The van der Waals surface area contributed by atoms with Gasteiger partial charge in [0.2, 0.25) is 5.91 Å². The first kappa shape index (κ1) is 21.9. The van der Waals surface area contributed by atoms with Crippen molar-refractivity contribution < 1.29 is 18.3 Å². The fourth-order valence-corrected chi connectivity index (χ4v) is 4.46. The summed E-state index contributed by atoms with van der Waals surface area (Å²) in [6.07, 6.45) is 1.67. The number of ether oxygens (including phenoxy) is 1. The SMILES string of the molecule is C=CCn1c(COc2ccccc2F)nnc1SCC(=O)Nc1nc2ccc(F)cc2s1. The van der Waals surface area contributed by atoms with E-state index in [1.165, 1.54) is 47.4 Å². The molecule has 0 bridgehead atoms. The number of carbonyl (C=O) groups is 1. The summed E-state index contributed by atoms with van der Waals surface area (Å²) >= 11 is 2.38. The molecule has 0 aliphatic heterocycles. The molecule has 0 unspecified atom stereocenters. The Bertz CT molecular complexity index is 1270. The monoisotopic (exact) mass is 473 g/mol. The van der Waals surface area contributed by atoms with E-state index in [4.69, 9.17) is 4.74 Å². The minimum Gasteiger partial charge on any atom is -0.483 e. The van der Waals surface area contributed by atoms with Crippen molar-refractivity contribution in [2.24, 2.45) is 0 Å². The Kier molecular flexibility index (Phi) is 6.76. The molecule has 2 aromatic heterocycles. The summed E-state index contributed by atoms with van der Waals surface area (Å²) in [5.41, 5.74) is 0.615. The maximum Gasteiger partial charge on any atom is 0.236 e. The third kappa shape index (κ3) is 5.11. The summed E-state index contributed by atoms with van der Waals surface area (Å²) in [5.74, 6) is -0.452. The third-order valence-corrected chi connectivity index (χ3v) is 6.13. The molecule has 0 aliphatic carbocycles. The van der Waals surface area contributed by atoms with E-state index in [1.807, 2.05) is 0 Å². The molecule has 11 heteroatoms. The van der Waals surface area contributed by atoms with E-state index in [2.05, 4.69) is 27.1 Å². The number of carbonyl (C=O) groups excluding carboxylic acids is 1. The summed E-state index contributed by atoms with van der Waals surface area (Å²) in [6.45, 7) is 4.14. The minimum atomic E-state index is -0.467. The number of amides is 1. The summed E-state index contributed by atoms with van der Waals surface area (Å²) in [6, 6.07) is 10.4. The number of allylic oxidation sites excluding steroid dienone is 1. The first-order valence-electron chi connectivity index (χ1n) is 9.42. The Labute approximate surface area is 190 Å².